The van der Waals surface area contributed by atoms with Crippen molar-refractivity contribution in [2.45, 2.75) is 64.3 Å². The summed E-state index contributed by atoms with van der Waals surface area (Å²) in [5, 5.41) is 0. The molecule has 2 aromatic carbocycles. The summed E-state index contributed by atoms with van der Waals surface area (Å²) in [7, 11) is 0. The van der Waals surface area contributed by atoms with Crippen molar-refractivity contribution in [2.24, 2.45) is 0 Å². The highest BCUT2D eigenvalue weighted by atomic mass is 16.8. The van der Waals surface area contributed by atoms with Crippen LogP contribution in [0.25, 0.3) is 0 Å². The molecule has 3 heterocycles. The van der Waals surface area contributed by atoms with Gasteiger partial charge in [-0.3, -0.25) is 9.59 Å². The molecular weight excluding hydrogens is 400 g/mol. The summed E-state index contributed by atoms with van der Waals surface area (Å²) in [5.74, 6) is 0.338. The van der Waals surface area contributed by atoms with E-state index >= 15 is 0 Å². The highest BCUT2D eigenvalue weighted by Gasteiger charge is 2.65. The zero-order valence-corrected chi connectivity index (χ0v) is 17.9. The predicted octanol–water partition coefficient (Wildman–Crippen LogP) is 3.77. The van der Waals surface area contributed by atoms with Gasteiger partial charge in [0.25, 0.3) is 6.29 Å². The van der Waals surface area contributed by atoms with Gasteiger partial charge in [-0.2, -0.15) is 0 Å². The largest absolute Gasteiger partial charge is 0.460 e. The highest BCUT2D eigenvalue weighted by Crippen LogP contribution is 2.59. The minimum atomic E-state index is -1.08. The lowest BCUT2D eigenvalue weighted by Gasteiger charge is -2.45. The molecule has 1 spiro atoms. The Kier molecular flexibility index (Phi) is 4.31. The first-order valence-corrected chi connectivity index (χ1v) is 10.3. The Morgan fingerprint density at radius 2 is 1.55 bits per heavy atom. The molecule has 5 rings (SSSR count). The van der Waals surface area contributed by atoms with Gasteiger partial charge in [0.05, 0.1) is 0 Å². The van der Waals surface area contributed by atoms with Gasteiger partial charge in [0.15, 0.2) is 5.60 Å². The van der Waals surface area contributed by atoms with Crippen LogP contribution in [0.1, 0.15) is 48.9 Å². The SMILES string of the molecule is CC(=O)OC1Oc2cc(C)ccc2C12CCC1(OC(C)=O)c3ccc(C)cc3OC1O2. The molecule has 1 fully saturated rings. The van der Waals surface area contributed by atoms with Gasteiger partial charge in [0, 0.05) is 31.4 Å². The van der Waals surface area contributed by atoms with Crippen LogP contribution < -0.4 is 9.47 Å². The highest BCUT2D eigenvalue weighted by molar-refractivity contribution is 5.68. The number of benzene rings is 2. The molecule has 4 atom stereocenters. The maximum Gasteiger partial charge on any atom is 0.305 e. The maximum atomic E-state index is 12.1. The Morgan fingerprint density at radius 3 is 2.19 bits per heavy atom. The Bertz CT molecular complexity index is 1090. The number of aryl methyl sites for hydroxylation is 2. The summed E-state index contributed by atoms with van der Waals surface area (Å²) < 4.78 is 30.2. The zero-order valence-electron chi connectivity index (χ0n) is 17.9. The average molecular weight is 424 g/mol. The van der Waals surface area contributed by atoms with E-state index in [2.05, 4.69) is 0 Å². The fraction of sp³-hybridized carbons (Fsp3) is 0.417. The van der Waals surface area contributed by atoms with Crippen molar-refractivity contribution in [3.63, 3.8) is 0 Å². The van der Waals surface area contributed by atoms with E-state index in [0.717, 1.165) is 22.3 Å². The standard InChI is InChI=1S/C24H24O7/c1-13-5-7-17-19(11-13)28-21(27-15(3)25)23(17)9-10-24(30-16(4)26)18-8-6-14(2)12-20(18)29-22(24)31-23/h5-8,11-12,21-22H,9-10H2,1-4H3. The Morgan fingerprint density at radius 1 is 0.903 bits per heavy atom. The molecule has 162 valence electrons. The Balaban J connectivity index is 1.60. The first kappa shape index (κ1) is 19.9. The van der Waals surface area contributed by atoms with E-state index in [0.29, 0.717) is 24.3 Å². The summed E-state index contributed by atoms with van der Waals surface area (Å²) in [4.78, 5) is 23.9. The van der Waals surface area contributed by atoms with Gasteiger partial charge >= 0.3 is 11.9 Å². The van der Waals surface area contributed by atoms with Crippen molar-refractivity contribution in [1.29, 1.82) is 0 Å². The van der Waals surface area contributed by atoms with Crippen LogP contribution in [0, 0.1) is 13.8 Å². The number of carbonyl (C=O) groups is 2. The molecule has 0 N–H and O–H groups in total. The molecule has 0 aliphatic carbocycles. The minimum Gasteiger partial charge on any atom is -0.460 e. The van der Waals surface area contributed by atoms with Crippen molar-refractivity contribution in [3.05, 3.63) is 58.7 Å². The van der Waals surface area contributed by atoms with E-state index in [1.807, 2.05) is 50.2 Å². The molecule has 0 aromatic heterocycles. The lowest BCUT2D eigenvalue weighted by molar-refractivity contribution is -0.319. The van der Waals surface area contributed by atoms with Gasteiger partial charge in [0.1, 0.15) is 11.5 Å². The van der Waals surface area contributed by atoms with Crippen LogP contribution in [-0.4, -0.2) is 24.5 Å². The van der Waals surface area contributed by atoms with Crippen LogP contribution in [0.15, 0.2) is 36.4 Å². The summed E-state index contributed by atoms with van der Waals surface area (Å²) in [6.45, 7) is 6.64. The van der Waals surface area contributed by atoms with E-state index in [4.69, 9.17) is 23.7 Å². The summed E-state index contributed by atoms with van der Waals surface area (Å²) >= 11 is 0. The van der Waals surface area contributed by atoms with Crippen LogP contribution >= 0.6 is 0 Å². The molecule has 0 bridgehead atoms. The summed E-state index contributed by atoms with van der Waals surface area (Å²) in [5.41, 5.74) is 1.46. The van der Waals surface area contributed by atoms with Crippen molar-refractivity contribution in [1.82, 2.24) is 0 Å². The topological polar surface area (TPSA) is 80.3 Å². The fourth-order valence-corrected chi connectivity index (χ4v) is 4.87. The first-order chi connectivity index (χ1) is 14.7. The lowest BCUT2D eigenvalue weighted by Crippen LogP contribution is -2.57. The normalized spacial score (nSPS) is 29.9. The van der Waals surface area contributed by atoms with Crippen LogP contribution in [0.4, 0.5) is 0 Å². The number of rotatable bonds is 2. The quantitative estimate of drug-likeness (QED) is 0.679. The molecule has 0 radical (unpaired) electrons. The van der Waals surface area contributed by atoms with Gasteiger partial charge in [0.2, 0.25) is 11.9 Å². The molecule has 0 amide bonds. The molecule has 7 nitrogen and oxygen atoms in total. The van der Waals surface area contributed by atoms with Crippen molar-refractivity contribution in [3.8, 4) is 11.5 Å². The molecule has 4 unspecified atom stereocenters. The molecule has 31 heavy (non-hydrogen) atoms. The van der Waals surface area contributed by atoms with Crippen LogP contribution in [0.3, 0.4) is 0 Å². The number of esters is 2. The predicted molar refractivity (Wildman–Crippen MR) is 108 cm³/mol. The Labute approximate surface area is 180 Å². The van der Waals surface area contributed by atoms with Gasteiger partial charge in [-0.05, 0) is 43.5 Å². The van der Waals surface area contributed by atoms with E-state index in [1.54, 1.807) is 0 Å². The van der Waals surface area contributed by atoms with Crippen LogP contribution in [-0.2, 0) is 35.0 Å². The van der Waals surface area contributed by atoms with Crippen molar-refractivity contribution >= 4 is 11.9 Å². The van der Waals surface area contributed by atoms with Crippen LogP contribution in [0.5, 0.6) is 11.5 Å². The molecule has 2 aromatic rings. The second-order valence-electron chi connectivity index (χ2n) is 8.50. The minimum absolute atomic E-state index is 0.404. The second kappa shape index (κ2) is 6.72. The monoisotopic (exact) mass is 424 g/mol. The van der Waals surface area contributed by atoms with Crippen molar-refractivity contribution < 1.29 is 33.3 Å². The fourth-order valence-electron chi connectivity index (χ4n) is 4.87. The lowest BCUT2D eigenvalue weighted by atomic mass is 9.78. The van der Waals surface area contributed by atoms with Crippen LogP contribution in [0.2, 0.25) is 0 Å². The third-order valence-electron chi connectivity index (χ3n) is 6.20. The van der Waals surface area contributed by atoms with Gasteiger partial charge in [-0.25, -0.2) is 0 Å². The molecule has 0 saturated carbocycles. The van der Waals surface area contributed by atoms with E-state index in [9.17, 15) is 9.59 Å². The van der Waals surface area contributed by atoms with E-state index < -0.39 is 35.7 Å². The number of fused-ring (bicyclic) bond motifs is 5. The number of hydrogen-bond acceptors (Lipinski definition) is 7. The third kappa shape index (κ3) is 2.91. The maximum absolute atomic E-state index is 12.1. The van der Waals surface area contributed by atoms with E-state index in [1.165, 1.54) is 13.8 Å². The first-order valence-electron chi connectivity index (χ1n) is 10.3. The number of ether oxygens (including phenoxy) is 5. The summed E-state index contributed by atoms with van der Waals surface area (Å²) in [6, 6.07) is 11.6. The zero-order chi connectivity index (χ0) is 22.0. The van der Waals surface area contributed by atoms with Gasteiger partial charge in [-0.1, -0.05) is 24.3 Å². The average Bonchev–Trinajstić information content (AvgIpc) is 3.12. The molecular formula is C24H24O7. The van der Waals surface area contributed by atoms with Gasteiger partial charge in [-0.15, -0.1) is 0 Å². The molecule has 1 saturated heterocycles. The molecule has 3 aliphatic rings. The van der Waals surface area contributed by atoms with E-state index in [-0.39, 0.29) is 0 Å². The Hall–Kier alpha value is -3.06. The third-order valence-corrected chi connectivity index (χ3v) is 6.20. The molecule has 7 heteroatoms. The number of carbonyl (C=O) groups excluding carboxylic acids is 2. The smallest absolute Gasteiger partial charge is 0.305 e. The van der Waals surface area contributed by atoms with Crippen molar-refractivity contribution in [2.75, 3.05) is 0 Å². The second-order valence-corrected chi connectivity index (χ2v) is 8.50. The van der Waals surface area contributed by atoms with Gasteiger partial charge < -0.3 is 23.7 Å². The number of hydrogen-bond donors (Lipinski definition) is 0. The summed E-state index contributed by atoms with van der Waals surface area (Å²) in [6.07, 6.45) is -1.05. The molecule has 3 aliphatic heterocycles.